The van der Waals surface area contributed by atoms with Gasteiger partial charge in [0.15, 0.2) is 0 Å². The molecule has 3 heterocycles. The number of rotatable bonds is 15. The fourth-order valence-electron chi connectivity index (χ4n) is 3.88. The lowest BCUT2D eigenvalue weighted by molar-refractivity contribution is 0.0955. The maximum absolute atomic E-state index is 12.1. The number of carbonyl (C=O) groups excluding carboxylic acids is 1. The first-order chi connectivity index (χ1) is 19.3. The van der Waals surface area contributed by atoms with Gasteiger partial charge in [0.1, 0.15) is 0 Å². The average molecular weight is 523 g/mol. The highest BCUT2D eigenvalue weighted by molar-refractivity contribution is 5.94. The van der Waals surface area contributed by atoms with Gasteiger partial charge in [0.2, 0.25) is 0 Å². The Balaban J connectivity index is 1.26. The van der Waals surface area contributed by atoms with Gasteiger partial charge in [0.05, 0.1) is 17.6 Å². The van der Waals surface area contributed by atoms with E-state index in [4.69, 9.17) is 0 Å². The van der Waals surface area contributed by atoms with Gasteiger partial charge in [-0.2, -0.15) is 5.10 Å². The van der Waals surface area contributed by atoms with Crippen LogP contribution >= 0.6 is 0 Å². The summed E-state index contributed by atoms with van der Waals surface area (Å²) in [7, 11) is 0. The number of nitrogens with one attached hydrogen (secondary N) is 3. The summed E-state index contributed by atoms with van der Waals surface area (Å²) in [6.07, 6.45) is 8.44. The number of carbonyl (C=O) groups is 1. The summed E-state index contributed by atoms with van der Waals surface area (Å²) < 4.78 is 0. The molecule has 1 amide bonds. The third-order valence-electron chi connectivity index (χ3n) is 5.98. The van der Waals surface area contributed by atoms with Crippen LogP contribution in [0.2, 0.25) is 0 Å². The monoisotopic (exact) mass is 522 g/mol. The van der Waals surface area contributed by atoms with Gasteiger partial charge in [-0.15, -0.1) is 0 Å². The molecule has 0 aliphatic rings. The SMILES string of the molecule is O=C(N/N=C/c1ccc(CN(CCNCc2ccccn2)CCNCc2ccccn2)cc1)c1ccncc1. The fourth-order valence-corrected chi connectivity index (χ4v) is 3.88. The van der Waals surface area contributed by atoms with Crippen molar-refractivity contribution in [2.75, 3.05) is 26.2 Å². The zero-order valence-electron chi connectivity index (χ0n) is 21.9. The molecule has 0 aliphatic carbocycles. The van der Waals surface area contributed by atoms with Crippen molar-refractivity contribution < 1.29 is 4.79 Å². The third-order valence-corrected chi connectivity index (χ3v) is 5.98. The molecular weight excluding hydrogens is 488 g/mol. The van der Waals surface area contributed by atoms with Crippen LogP contribution in [0.25, 0.3) is 0 Å². The quantitative estimate of drug-likeness (QED) is 0.125. The van der Waals surface area contributed by atoms with Crippen LogP contribution in [0, 0.1) is 0 Å². The van der Waals surface area contributed by atoms with Gasteiger partial charge in [-0.25, -0.2) is 5.43 Å². The van der Waals surface area contributed by atoms with E-state index in [0.29, 0.717) is 5.56 Å². The van der Waals surface area contributed by atoms with Gasteiger partial charge in [-0.3, -0.25) is 24.6 Å². The molecule has 39 heavy (non-hydrogen) atoms. The molecule has 0 bridgehead atoms. The zero-order chi connectivity index (χ0) is 27.0. The summed E-state index contributed by atoms with van der Waals surface area (Å²) >= 11 is 0. The second kappa shape index (κ2) is 15.8. The van der Waals surface area contributed by atoms with Crippen LogP contribution in [0.3, 0.4) is 0 Å². The zero-order valence-corrected chi connectivity index (χ0v) is 21.9. The van der Waals surface area contributed by atoms with Crippen molar-refractivity contribution in [2.45, 2.75) is 19.6 Å². The number of hydrogen-bond donors (Lipinski definition) is 3. The average Bonchev–Trinajstić information content (AvgIpc) is 2.99. The van der Waals surface area contributed by atoms with E-state index in [1.54, 1.807) is 30.7 Å². The Labute approximate surface area is 229 Å². The maximum atomic E-state index is 12.1. The Morgan fingerprint density at radius 3 is 1.95 bits per heavy atom. The topological polar surface area (TPSA) is 107 Å². The minimum Gasteiger partial charge on any atom is -0.310 e. The molecule has 200 valence electrons. The molecular formula is C30H34N8O. The van der Waals surface area contributed by atoms with E-state index in [9.17, 15) is 4.79 Å². The highest BCUT2D eigenvalue weighted by Crippen LogP contribution is 2.07. The number of benzene rings is 1. The van der Waals surface area contributed by atoms with E-state index in [1.807, 2.05) is 60.9 Å². The lowest BCUT2D eigenvalue weighted by Crippen LogP contribution is -2.36. The Bertz CT molecular complexity index is 1220. The molecule has 3 N–H and O–H groups in total. The van der Waals surface area contributed by atoms with E-state index >= 15 is 0 Å². The second-order valence-electron chi connectivity index (χ2n) is 8.95. The molecule has 0 atom stereocenters. The van der Waals surface area contributed by atoms with Crippen LogP contribution in [-0.4, -0.2) is 58.2 Å². The Morgan fingerprint density at radius 2 is 1.38 bits per heavy atom. The predicted octanol–water partition coefficient (Wildman–Crippen LogP) is 3.02. The van der Waals surface area contributed by atoms with Crippen LogP contribution in [0.5, 0.6) is 0 Å². The van der Waals surface area contributed by atoms with Gasteiger partial charge in [-0.05, 0) is 47.5 Å². The lowest BCUT2D eigenvalue weighted by Gasteiger charge is -2.23. The van der Waals surface area contributed by atoms with E-state index in [0.717, 1.165) is 62.8 Å². The van der Waals surface area contributed by atoms with Crippen molar-refractivity contribution in [3.8, 4) is 0 Å². The Morgan fingerprint density at radius 1 is 0.769 bits per heavy atom. The van der Waals surface area contributed by atoms with Gasteiger partial charge >= 0.3 is 0 Å². The lowest BCUT2D eigenvalue weighted by atomic mass is 10.1. The molecule has 9 nitrogen and oxygen atoms in total. The highest BCUT2D eigenvalue weighted by atomic mass is 16.2. The van der Waals surface area contributed by atoms with Crippen LogP contribution in [0.4, 0.5) is 0 Å². The van der Waals surface area contributed by atoms with E-state index in [2.05, 4.69) is 53.1 Å². The van der Waals surface area contributed by atoms with Crippen molar-refractivity contribution in [1.29, 1.82) is 0 Å². The standard InChI is InChI=1S/C30H34N8O/c39-30(27-11-15-31-16-12-27)37-36-21-25-7-9-26(10-8-25)24-38(19-17-32-22-28-5-1-3-13-34-28)20-18-33-23-29-6-2-4-14-35-29/h1-16,21,32-33H,17-20,22-24H2,(H,37,39)/b36-21+. The molecule has 4 rings (SSSR count). The molecule has 0 radical (unpaired) electrons. The van der Waals surface area contributed by atoms with E-state index in [-0.39, 0.29) is 5.91 Å². The summed E-state index contributed by atoms with van der Waals surface area (Å²) in [6, 6.07) is 23.4. The van der Waals surface area contributed by atoms with Crippen molar-refractivity contribution in [3.05, 3.63) is 126 Å². The summed E-state index contributed by atoms with van der Waals surface area (Å²) in [5, 5.41) is 11.1. The van der Waals surface area contributed by atoms with Crippen LogP contribution in [-0.2, 0) is 19.6 Å². The number of nitrogens with zero attached hydrogens (tertiary/aromatic N) is 5. The summed E-state index contributed by atoms with van der Waals surface area (Å²) in [5.74, 6) is -0.269. The molecule has 0 aliphatic heterocycles. The molecule has 3 aromatic heterocycles. The molecule has 0 unspecified atom stereocenters. The van der Waals surface area contributed by atoms with Gasteiger partial charge in [-0.1, -0.05) is 36.4 Å². The first-order valence-electron chi connectivity index (χ1n) is 13.0. The third kappa shape index (κ3) is 10.2. The van der Waals surface area contributed by atoms with Gasteiger partial charge in [0.25, 0.3) is 5.91 Å². The van der Waals surface area contributed by atoms with Crippen LogP contribution < -0.4 is 16.1 Å². The molecule has 4 aromatic rings. The van der Waals surface area contributed by atoms with Gasteiger partial charge < -0.3 is 10.6 Å². The minimum absolute atomic E-state index is 0.269. The molecule has 0 saturated carbocycles. The molecule has 9 heteroatoms. The highest BCUT2D eigenvalue weighted by Gasteiger charge is 2.07. The summed E-state index contributed by atoms with van der Waals surface area (Å²) in [6.45, 7) is 5.85. The number of hydrazone groups is 1. The Hall–Kier alpha value is -4.31. The minimum atomic E-state index is -0.269. The summed E-state index contributed by atoms with van der Waals surface area (Å²) in [5.41, 5.74) is 7.26. The Kier molecular flexibility index (Phi) is 11.3. The van der Waals surface area contributed by atoms with Crippen LogP contribution in [0.15, 0.2) is 103 Å². The van der Waals surface area contributed by atoms with Crippen LogP contribution in [0.1, 0.15) is 32.9 Å². The van der Waals surface area contributed by atoms with Crippen molar-refractivity contribution >= 4 is 12.1 Å². The number of aromatic nitrogens is 3. The normalized spacial score (nSPS) is 11.2. The first kappa shape index (κ1) is 27.7. The van der Waals surface area contributed by atoms with Crippen molar-refractivity contribution in [2.24, 2.45) is 5.10 Å². The largest absolute Gasteiger partial charge is 0.310 e. The fraction of sp³-hybridized carbons (Fsp3) is 0.233. The summed E-state index contributed by atoms with van der Waals surface area (Å²) in [4.78, 5) is 27.2. The number of hydrogen-bond acceptors (Lipinski definition) is 8. The predicted molar refractivity (Wildman–Crippen MR) is 153 cm³/mol. The van der Waals surface area contributed by atoms with Crippen molar-refractivity contribution in [1.82, 2.24) is 35.9 Å². The molecule has 0 fully saturated rings. The van der Waals surface area contributed by atoms with Gasteiger partial charge in [0, 0.05) is 76.2 Å². The van der Waals surface area contributed by atoms with Crippen molar-refractivity contribution in [3.63, 3.8) is 0 Å². The second-order valence-corrected chi connectivity index (χ2v) is 8.95. The molecule has 0 spiro atoms. The molecule has 1 aromatic carbocycles. The number of amides is 1. The smallest absolute Gasteiger partial charge is 0.271 e. The van der Waals surface area contributed by atoms with E-state index in [1.165, 1.54) is 5.56 Å². The first-order valence-corrected chi connectivity index (χ1v) is 13.0. The maximum Gasteiger partial charge on any atom is 0.271 e. The number of pyridine rings is 3. The molecule has 0 saturated heterocycles. The van der Waals surface area contributed by atoms with E-state index < -0.39 is 0 Å².